The lowest BCUT2D eigenvalue weighted by Gasteiger charge is -2.14. The summed E-state index contributed by atoms with van der Waals surface area (Å²) in [6.07, 6.45) is 26.5. The number of hydrogen-bond donors (Lipinski definition) is 0. The normalized spacial score (nSPS) is 15.1. The summed E-state index contributed by atoms with van der Waals surface area (Å²) >= 11 is 0. The predicted molar refractivity (Wildman–Crippen MR) is 420 cm³/mol. The number of rotatable bonds is 42. The Labute approximate surface area is 648 Å². The standard InChI is InChI=1S/C15H28O4.C13H22O3.C12H20O4.C12H22O3.C11H18O3.C11H18O2.C10H15F3O2/c1-5-8-17-9-10-18-11-12-19-15(16)14(4)7-6-13(2)3;1-10(2)6-7-11(3)13(14)16-9-12-5-4-8-15-12;1-9(2)5-6-10(3)12(14)16-8-7-15-11(4)13;1-9(2)6-7-10(3)12(13)15-11(4)8-14-5;1-8(2)5-6-9(3)11(13)14-7-10(4)12;1-5-8-13-11(12)10(4)7-6-9(2)3;1-7(2)4-5-8(3)9(14)15-6-10(11,12)13/h6-7,13-14H,5,8-12H2,1-4H3;6-7,10-12H,4-5,8-9H2,1-3H3;5-6,9-10H,7-8H2,1-4H3;6-7,9-11H,8H2,1-5H3;5-6,8-9H,7H2,1-4H3;5-7,9-10H,1,8H2,2-4H3;4-5,7-8H,6H2,1-3H3/b2*7-6-;6-5-;7-6-;6-5-;7-6-;5-4-. The minimum Gasteiger partial charge on any atom is -0.463 e. The molecule has 1 fully saturated rings. The third-order valence-corrected chi connectivity index (χ3v) is 13.2. The maximum atomic E-state index is 11.7. The Morgan fingerprint density at radius 1 is 0.417 bits per heavy atom. The first-order valence-electron chi connectivity index (χ1n) is 37.8. The van der Waals surface area contributed by atoms with E-state index in [-0.39, 0.29) is 121 Å². The molecule has 0 saturated carbocycles. The number of esters is 8. The van der Waals surface area contributed by atoms with Gasteiger partial charge in [-0.2, -0.15) is 13.2 Å². The topological polar surface area (TPSA) is 264 Å². The number of methoxy groups -OCH3 is 1. The fraction of sp³-hybridized carbons (Fsp3) is 0.702. The van der Waals surface area contributed by atoms with E-state index in [0.717, 1.165) is 32.5 Å². The van der Waals surface area contributed by atoms with Crippen LogP contribution in [0, 0.1) is 82.9 Å². The molecule has 1 rings (SSSR count). The van der Waals surface area contributed by atoms with E-state index in [1.54, 1.807) is 45.3 Å². The van der Waals surface area contributed by atoms with Gasteiger partial charge in [0.2, 0.25) is 0 Å². The van der Waals surface area contributed by atoms with Crippen molar-refractivity contribution in [1.82, 2.24) is 0 Å². The van der Waals surface area contributed by atoms with Gasteiger partial charge in [-0.25, -0.2) is 0 Å². The average molecular weight is 1550 g/mol. The summed E-state index contributed by atoms with van der Waals surface area (Å²) in [7, 11) is 1.59. The van der Waals surface area contributed by atoms with Crippen molar-refractivity contribution in [2.75, 3.05) is 93.0 Å². The van der Waals surface area contributed by atoms with Crippen molar-refractivity contribution in [2.45, 2.75) is 211 Å². The highest BCUT2D eigenvalue weighted by Crippen LogP contribution is 2.17. The van der Waals surface area contributed by atoms with Gasteiger partial charge in [0.1, 0.15) is 45.7 Å². The molecule has 1 aliphatic heterocycles. The number of Topliss-reactive ketones (excluding diaryl/α,β-unsaturated/α-hetero) is 1. The van der Waals surface area contributed by atoms with Crippen LogP contribution in [0.15, 0.2) is 97.7 Å². The van der Waals surface area contributed by atoms with Crippen LogP contribution in [0.25, 0.3) is 0 Å². The molecule has 0 N–H and O–H groups in total. The van der Waals surface area contributed by atoms with Gasteiger partial charge >= 0.3 is 53.9 Å². The van der Waals surface area contributed by atoms with Crippen LogP contribution in [0.2, 0.25) is 0 Å². The zero-order valence-corrected chi connectivity index (χ0v) is 70.6. The molecule has 0 aliphatic carbocycles. The second kappa shape index (κ2) is 71.6. The van der Waals surface area contributed by atoms with Gasteiger partial charge in [-0.05, 0) is 123 Å². The van der Waals surface area contributed by atoms with Crippen molar-refractivity contribution >= 4 is 53.5 Å². The van der Waals surface area contributed by atoms with Crippen LogP contribution in [-0.4, -0.2) is 165 Å². The Bertz CT molecular complexity index is 2590. The smallest absolute Gasteiger partial charge is 0.422 e. The summed E-state index contributed by atoms with van der Waals surface area (Å²) < 4.78 is 94.7. The van der Waals surface area contributed by atoms with E-state index in [9.17, 15) is 56.3 Å². The van der Waals surface area contributed by atoms with Crippen LogP contribution in [-0.2, 0) is 100.0 Å². The van der Waals surface area contributed by atoms with Gasteiger partial charge < -0.3 is 56.8 Å². The molecule has 1 saturated heterocycles. The Morgan fingerprint density at radius 2 is 0.731 bits per heavy atom. The highest BCUT2D eigenvalue weighted by molar-refractivity contribution is 5.81. The molecule has 0 bridgehead atoms. The summed E-state index contributed by atoms with van der Waals surface area (Å²) in [5.41, 5.74) is 0. The molecule has 0 aromatic heterocycles. The molecule has 0 amide bonds. The van der Waals surface area contributed by atoms with Crippen LogP contribution in [0.4, 0.5) is 13.2 Å². The first-order valence-corrected chi connectivity index (χ1v) is 37.8. The third-order valence-electron chi connectivity index (χ3n) is 13.2. The summed E-state index contributed by atoms with van der Waals surface area (Å²) in [5, 5.41) is 0. The minimum atomic E-state index is -4.46. The Hall–Kier alpha value is -7.02. The molecule has 1 aliphatic rings. The summed E-state index contributed by atoms with van der Waals surface area (Å²) in [6, 6.07) is 0. The van der Waals surface area contributed by atoms with E-state index in [2.05, 4.69) is 78.4 Å². The largest absolute Gasteiger partial charge is 0.463 e. The van der Waals surface area contributed by atoms with Crippen LogP contribution >= 0.6 is 0 Å². The first kappa shape index (κ1) is 112. The van der Waals surface area contributed by atoms with Crippen molar-refractivity contribution in [3.05, 3.63) is 97.7 Å². The van der Waals surface area contributed by atoms with E-state index >= 15 is 0 Å². The van der Waals surface area contributed by atoms with Crippen molar-refractivity contribution in [2.24, 2.45) is 82.9 Å². The molecule has 21 nitrogen and oxygen atoms in total. The molecular weight excluding hydrogens is 1400 g/mol. The highest BCUT2D eigenvalue weighted by Gasteiger charge is 2.30. The van der Waals surface area contributed by atoms with Gasteiger partial charge in [0.05, 0.1) is 74.0 Å². The number of allylic oxidation sites excluding steroid dienone is 7. The molecule has 9 unspecified atom stereocenters. The maximum absolute atomic E-state index is 11.7. The van der Waals surface area contributed by atoms with Crippen LogP contribution < -0.4 is 0 Å². The van der Waals surface area contributed by atoms with Gasteiger partial charge in [0.25, 0.3) is 0 Å². The van der Waals surface area contributed by atoms with Gasteiger partial charge in [-0.15, -0.1) is 0 Å². The van der Waals surface area contributed by atoms with Crippen molar-refractivity contribution in [1.29, 1.82) is 0 Å². The lowest BCUT2D eigenvalue weighted by atomic mass is 10.1. The molecular formula is C84H143F3O21. The maximum Gasteiger partial charge on any atom is 0.422 e. The number of ketones is 1. The number of ether oxygens (including phenoxy) is 12. The zero-order chi connectivity index (χ0) is 84.3. The molecule has 626 valence electrons. The number of carbonyl (C=O) groups excluding carboxylic acids is 9. The fourth-order valence-corrected chi connectivity index (χ4v) is 7.05. The fourth-order valence-electron chi connectivity index (χ4n) is 7.05. The lowest BCUT2D eigenvalue weighted by molar-refractivity contribution is -0.187. The quantitative estimate of drug-likeness (QED) is 0.0238. The van der Waals surface area contributed by atoms with Crippen LogP contribution in [0.5, 0.6) is 0 Å². The molecule has 24 heteroatoms. The van der Waals surface area contributed by atoms with Crippen molar-refractivity contribution in [3.8, 4) is 0 Å². The zero-order valence-electron chi connectivity index (χ0n) is 70.6. The Morgan fingerprint density at radius 3 is 1.05 bits per heavy atom. The molecule has 0 spiro atoms. The highest BCUT2D eigenvalue weighted by atomic mass is 19.4. The number of halogens is 3. The van der Waals surface area contributed by atoms with E-state index in [4.69, 9.17) is 47.4 Å². The molecule has 108 heavy (non-hydrogen) atoms. The summed E-state index contributed by atoms with van der Waals surface area (Å²) in [4.78, 5) is 100. The first-order chi connectivity index (χ1) is 50.3. The van der Waals surface area contributed by atoms with Crippen LogP contribution in [0.1, 0.15) is 192 Å². The van der Waals surface area contributed by atoms with Gasteiger partial charge in [-0.3, -0.25) is 43.2 Å². The van der Waals surface area contributed by atoms with Gasteiger partial charge in [0.15, 0.2) is 12.4 Å². The van der Waals surface area contributed by atoms with E-state index in [1.807, 2.05) is 143 Å². The molecule has 9 atom stereocenters. The second-order valence-electron chi connectivity index (χ2n) is 28.2. The average Bonchev–Trinajstić information content (AvgIpc) is 1.50. The van der Waals surface area contributed by atoms with Gasteiger partial charge in [-0.1, -0.05) is 202 Å². The van der Waals surface area contributed by atoms with E-state index in [1.165, 1.54) is 20.8 Å². The molecule has 0 radical (unpaired) electrons. The van der Waals surface area contributed by atoms with E-state index in [0.29, 0.717) is 81.8 Å². The number of hydrogen-bond acceptors (Lipinski definition) is 21. The monoisotopic (exact) mass is 1550 g/mol. The van der Waals surface area contributed by atoms with Gasteiger partial charge in [0, 0.05) is 27.2 Å². The Kier molecular flexibility index (Phi) is 74.2. The molecule has 1 heterocycles. The molecule has 0 aromatic rings. The van der Waals surface area contributed by atoms with Crippen LogP contribution in [0.3, 0.4) is 0 Å². The number of carbonyl (C=O) groups is 9. The van der Waals surface area contributed by atoms with Crippen molar-refractivity contribution in [3.63, 3.8) is 0 Å². The SMILES string of the molecule is C=CCOC(=O)C(C)/C=C\C(C)C.CC(=O)COC(=O)C(C)/C=C\C(C)C.CC(=O)OCCOC(=O)C(C)/C=C\C(C)C.CC(C)/C=C\C(C)C(=O)OCC(F)(F)F.CC(C)/C=C\C(C)C(=O)OCC1CCCO1.CCCOCCOCCOC(=O)C(C)/C=C\C(C)C.COCC(C)OC(=O)C(C)/C=C\C(C)C. The molecule has 0 aromatic carbocycles. The van der Waals surface area contributed by atoms with E-state index < -0.39 is 24.7 Å². The predicted octanol–water partition coefficient (Wildman–Crippen LogP) is 17.2. The third kappa shape index (κ3) is 83.0. The minimum absolute atomic E-state index is 0.109. The summed E-state index contributed by atoms with van der Waals surface area (Å²) in [5.74, 6) is -1.77. The Balaban J connectivity index is -0.000000282. The summed E-state index contributed by atoms with van der Waals surface area (Å²) in [6.45, 7) is 54.1. The van der Waals surface area contributed by atoms with Crippen molar-refractivity contribution < 1.29 is 113 Å². The lowest BCUT2D eigenvalue weighted by Crippen LogP contribution is -2.23. The number of alkyl halides is 3. The second-order valence-corrected chi connectivity index (χ2v) is 28.2.